The first-order chi connectivity index (χ1) is 10.8. The number of aromatic nitrogens is 4. The van der Waals surface area contributed by atoms with Crippen LogP contribution in [-0.4, -0.2) is 20.2 Å². The van der Waals surface area contributed by atoms with Gasteiger partial charge in [0.15, 0.2) is 5.82 Å². The van der Waals surface area contributed by atoms with E-state index in [1.165, 1.54) is 0 Å². The Hall–Kier alpha value is -2.86. The Kier molecular flexibility index (Phi) is 3.01. The molecular formula is C15H10ClN5O. The molecule has 0 saturated carbocycles. The summed E-state index contributed by atoms with van der Waals surface area (Å²) in [4.78, 5) is 8.44. The van der Waals surface area contributed by atoms with Gasteiger partial charge in [-0.1, -0.05) is 12.1 Å². The number of hydrogen-bond donors (Lipinski definition) is 2. The highest BCUT2D eigenvalue weighted by atomic mass is 35.5. The Labute approximate surface area is 130 Å². The number of para-hydroxylation sites is 1. The highest BCUT2D eigenvalue weighted by Gasteiger charge is 2.09. The second kappa shape index (κ2) is 5.16. The molecular weight excluding hydrogens is 302 g/mol. The van der Waals surface area contributed by atoms with Gasteiger partial charge in [0.05, 0.1) is 23.7 Å². The molecule has 108 valence electrons. The van der Waals surface area contributed by atoms with Gasteiger partial charge in [-0.3, -0.25) is 5.10 Å². The number of nitrogens with zero attached hydrogens (tertiary/aromatic N) is 3. The van der Waals surface area contributed by atoms with Gasteiger partial charge in [-0.05, 0) is 29.8 Å². The van der Waals surface area contributed by atoms with E-state index in [1.807, 2.05) is 36.4 Å². The Balaban J connectivity index is 1.72. The Bertz CT molecular complexity index is 932. The summed E-state index contributed by atoms with van der Waals surface area (Å²) in [6.45, 7) is 0. The number of furan rings is 1. The van der Waals surface area contributed by atoms with E-state index in [4.69, 9.17) is 16.0 Å². The highest BCUT2D eigenvalue weighted by Crippen LogP contribution is 2.26. The van der Waals surface area contributed by atoms with E-state index in [9.17, 15) is 0 Å². The van der Waals surface area contributed by atoms with Crippen LogP contribution in [0, 0.1) is 0 Å². The van der Waals surface area contributed by atoms with E-state index in [1.54, 1.807) is 12.5 Å². The normalized spacial score (nSPS) is 11.0. The van der Waals surface area contributed by atoms with E-state index in [-0.39, 0.29) is 5.28 Å². The zero-order valence-electron chi connectivity index (χ0n) is 11.2. The molecule has 0 fully saturated rings. The first-order valence-corrected chi connectivity index (χ1v) is 6.95. The zero-order valence-corrected chi connectivity index (χ0v) is 12.0. The van der Waals surface area contributed by atoms with Crippen molar-refractivity contribution in [3.8, 4) is 11.3 Å². The summed E-state index contributed by atoms with van der Waals surface area (Å²) in [5.41, 5.74) is 2.54. The predicted molar refractivity (Wildman–Crippen MR) is 84.1 cm³/mol. The van der Waals surface area contributed by atoms with Crippen molar-refractivity contribution in [3.05, 3.63) is 54.2 Å². The molecule has 0 spiro atoms. The van der Waals surface area contributed by atoms with Crippen LogP contribution in [0.1, 0.15) is 0 Å². The summed E-state index contributed by atoms with van der Waals surface area (Å²) in [5.74, 6) is 1.25. The lowest BCUT2D eigenvalue weighted by molar-refractivity contribution is 0.568. The fourth-order valence-electron chi connectivity index (χ4n) is 2.22. The number of aromatic amines is 1. The average Bonchev–Trinajstić information content (AvgIpc) is 3.17. The van der Waals surface area contributed by atoms with Crippen molar-refractivity contribution in [1.82, 2.24) is 20.2 Å². The molecule has 3 aromatic heterocycles. The molecule has 0 bridgehead atoms. The summed E-state index contributed by atoms with van der Waals surface area (Å²) in [5, 5.41) is 11.4. The molecule has 0 saturated heterocycles. The number of benzene rings is 1. The van der Waals surface area contributed by atoms with Crippen molar-refractivity contribution in [3.63, 3.8) is 0 Å². The van der Waals surface area contributed by atoms with Gasteiger partial charge in [-0.15, -0.1) is 0 Å². The molecule has 7 heteroatoms. The lowest BCUT2D eigenvalue weighted by Gasteiger charge is -2.06. The average molecular weight is 312 g/mol. The minimum Gasteiger partial charge on any atom is -0.472 e. The van der Waals surface area contributed by atoms with E-state index < -0.39 is 0 Å². The summed E-state index contributed by atoms with van der Waals surface area (Å²) in [6, 6.07) is 11.4. The Morgan fingerprint density at radius 1 is 1.14 bits per heavy atom. The van der Waals surface area contributed by atoms with Crippen LogP contribution in [0.2, 0.25) is 5.28 Å². The van der Waals surface area contributed by atoms with Gasteiger partial charge in [0.2, 0.25) is 5.28 Å². The third-order valence-electron chi connectivity index (χ3n) is 3.23. The van der Waals surface area contributed by atoms with Gasteiger partial charge < -0.3 is 9.73 Å². The maximum Gasteiger partial charge on any atom is 0.224 e. The standard InChI is InChI=1S/C15H10ClN5O/c16-15-17-11-4-2-1-3-10(11)14(19-15)18-13-7-12(20-21-13)9-5-6-22-8-9/h1-8H,(H2,17,18,19,20,21). The van der Waals surface area contributed by atoms with E-state index in [2.05, 4.69) is 25.5 Å². The van der Waals surface area contributed by atoms with Gasteiger partial charge in [-0.2, -0.15) is 10.1 Å². The van der Waals surface area contributed by atoms with Crippen molar-refractivity contribution in [2.24, 2.45) is 0 Å². The minimum atomic E-state index is 0.187. The molecule has 0 atom stereocenters. The third-order valence-corrected chi connectivity index (χ3v) is 3.40. The summed E-state index contributed by atoms with van der Waals surface area (Å²) >= 11 is 5.97. The molecule has 0 amide bonds. The number of fused-ring (bicyclic) bond motifs is 1. The number of rotatable bonds is 3. The summed E-state index contributed by atoms with van der Waals surface area (Å²) in [7, 11) is 0. The van der Waals surface area contributed by atoms with Crippen LogP contribution in [0.5, 0.6) is 0 Å². The largest absolute Gasteiger partial charge is 0.472 e. The topological polar surface area (TPSA) is 79.6 Å². The molecule has 0 radical (unpaired) electrons. The van der Waals surface area contributed by atoms with Crippen molar-refractivity contribution < 1.29 is 4.42 Å². The predicted octanol–water partition coefficient (Wildman–Crippen LogP) is 4.01. The number of H-pyrrole nitrogens is 1. The maximum absolute atomic E-state index is 5.97. The summed E-state index contributed by atoms with van der Waals surface area (Å²) < 4.78 is 5.06. The molecule has 0 aliphatic rings. The van der Waals surface area contributed by atoms with Crippen molar-refractivity contribution >= 4 is 34.1 Å². The molecule has 0 aliphatic heterocycles. The van der Waals surface area contributed by atoms with Gasteiger partial charge in [-0.25, -0.2) is 4.98 Å². The second-order valence-electron chi connectivity index (χ2n) is 4.66. The first kappa shape index (κ1) is 12.8. The lowest BCUT2D eigenvalue weighted by atomic mass is 10.2. The van der Waals surface area contributed by atoms with Crippen molar-refractivity contribution in [2.75, 3.05) is 5.32 Å². The SMILES string of the molecule is Clc1nc(Nc2cc(-c3ccoc3)[nH]n2)c2ccccc2n1. The Morgan fingerprint density at radius 2 is 2.05 bits per heavy atom. The van der Waals surface area contributed by atoms with Gasteiger partial charge in [0.25, 0.3) is 0 Å². The van der Waals surface area contributed by atoms with Gasteiger partial charge in [0, 0.05) is 17.0 Å². The van der Waals surface area contributed by atoms with Crippen molar-refractivity contribution in [1.29, 1.82) is 0 Å². The smallest absolute Gasteiger partial charge is 0.224 e. The van der Waals surface area contributed by atoms with Crippen LogP contribution in [-0.2, 0) is 0 Å². The highest BCUT2D eigenvalue weighted by molar-refractivity contribution is 6.28. The lowest BCUT2D eigenvalue weighted by Crippen LogP contribution is -1.97. The molecule has 4 aromatic rings. The molecule has 2 N–H and O–H groups in total. The maximum atomic E-state index is 5.97. The molecule has 3 heterocycles. The van der Waals surface area contributed by atoms with E-state index in [0.29, 0.717) is 11.6 Å². The van der Waals surface area contributed by atoms with Crippen molar-refractivity contribution in [2.45, 2.75) is 0 Å². The van der Waals surface area contributed by atoms with Gasteiger partial charge in [0.1, 0.15) is 5.82 Å². The van der Waals surface area contributed by atoms with E-state index in [0.717, 1.165) is 22.2 Å². The second-order valence-corrected chi connectivity index (χ2v) is 5.00. The van der Waals surface area contributed by atoms with Crippen LogP contribution in [0.25, 0.3) is 22.2 Å². The van der Waals surface area contributed by atoms with Crippen LogP contribution >= 0.6 is 11.6 Å². The first-order valence-electron chi connectivity index (χ1n) is 6.57. The van der Waals surface area contributed by atoms with Gasteiger partial charge >= 0.3 is 0 Å². The monoisotopic (exact) mass is 311 g/mol. The van der Waals surface area contributed by atoms with Crippen LogP contribution in [0.4, 0.5) is 11.6 Å². The fourth-order valence-corrected chi connectivity index (χ4v) is 2.39. The molecule has 4 rings (SSSR count). The third kappa shape index (κ3) is 2.29. The molecule has 0 unspecified atom stereocenters. The zero-order chi connectivity index (χ0) is 14.9. The number of anilines is 2. The van der Waals surface area contributed by atoms with E-state index >= 15 is 0 Å². The number of halogens is 1. The molecule has 22 heavy (non-hydrogen) atoms. The number of hydrogen-bond acceptors (Lipinski definition) is 5. The summed E-state index contributed by atoms with van der Waals surface area (Å²) in [6.07, 6.45) is 3.26. The fraction of sp³-hybridized carbons (Fsp3) is 0. The van der Waals surface area contributed by atoms with Crippen LogP contribution < -0.4 is 5.32 Å². The minimum absolute atomic E-state index is 0.187. The van der Waals surface area contributed by atoms with Crippen LogP contribution in [0.15, 0.2) is 53.3 Å². The van der Waals surface area contributed by atoms with Crippen LogP contribution in [0.3, 0.4) is 0 Å². The quantitative estimate of drug-likeness (QED) is 0.559. The Morgan fingerprint density at radius 3 is 2.91 bits per heavy atom. The molecule has 1 aromatic carbocycles. The molecule has 6 nitrogen and oxygen atoms in total. The molecule has 0 aliphatic carbocycles. The number of nitrogens with one attached hydrogen (secondary N) is 2.